The predicted octanol–water partition coefficient (Wildman–Crippen LogP) is 3.47. The molecule has 0 aliphatic carbocycles. The molecule has 1 saturated heterocycles. The molecule has 0 radical (unpaired) electrons. The van der Waals surface area contributed by atoms with E-state index in [1.165, 1.54) is 11.3 Å². The highest BCUT2D eigenvalue weighted by Gasteiger charge is 2.44. The van der Waals surface area contributed by atoms with E-state index in [1.54, 1.807) is 24.0 Å². The number of thiazole rings is 1. The van der Waals surface area contributed by atoms with Crippen molar-refractivity contribution >= 4 is 23.0 Å². The molecule has 1 N–H and O–H groups in total. The van der Waals surface area contributed by atoms with Crippen LogP contribution in [0.25, 0.3) is 0 Å². The number of aliphatic hydroxyl groups is 1. The molecular weight excluding hydrogens is 482 g/mol. The minimum Gasteiger partial charge on any atom is -0.503 e. The lowest BCUT2D eigenvalue weighted by molar-refractivity contribution is -0.129. The van der Waals surface area contributed by atoms with Gasteiger partial charge in [0.25, 0.3) is 5.91 Å². The summed E-state index contributed by atoms with van der Waals surface area (Å²) < 4.78 is 17.0. The maximum atomic E-state index is 13.7. The van der Waals surface area contributed by atoms with Crippen LogP contribution in [-0.4, -0.2) is 84.2 Å². The molecule has 2 aromatic rings. The quantitative estimate of drug-likeness (QED) is 0.480. The van der Waals surface area contributed by atoms with Gasteiger partial charge in [-0.3, -0.25) is 14.5 Å². The maximum absolute atomic E-state index is 13.7. The molecule has 0 bridgehead atoms. The summed E-state index contributed by atoms with van der Waals surface area (Å²) in [5.74, 6) is -0.330. The topological polar surface area (TPSA) is 101 Å². The molecule has 1 amide bonds. The molecule has 4 rings (SSSR count). The standard InChI is InChI=1S/C26H33N3O6S/c1-5-34-19-8-7-18(15-20(19)35-6-2)22-21(23(30)25-16(3)27-17(4)36-25)24(31)26(32)29(22)10-9-28-11-13-33-14-12-28/h7-8,15,22,31H,5-6,9-14H2,1-4H3. The largest absolute Gasteiger partial charge is 0.503 e. The number of aliphatic hydroxyl groups excluding tert-OH is 1. The van der Waals surface area contributed by atoms with Crippen molar-refractivity contribution in [1.29, 1.82) is 0 Å². The number of amides is 1. The van der Waals surface area contributed by atoms with E-state index in [0.717, 1.165) is 18.1 Å². The lowest BCUT2D eigenvalue weighted by atomic mass is 9.94. The highest BCUT2D eigenvalue weighted by atomic mass is 32.1. The Morgan fingerprint density at radius 1 is 1.14 bits per heavy atom. The number of Topliss-reactive ketones (excluding diaryl/α,β-unsaturated/α-hetero) is 1. The van der Waals surface area contributed by atoms with Crippen molar-refractivity contribution < 1.29 is 28.9 Å². The minimum absolute atomic E-state index is 0.0698. The van der Waals surface area contributed by atoms with E-state index >= 15 is 0 Å². The van der Waals surface area contributed by atoms with E-state index in [-0.39, 0.29) is 11.4 Å². The number of hydrogen-bond donors (Lipinski definition) is 1. The van der Waals surface area contributed by atoms with Crippen LogP contribution >= 0.6 is 11.3 Å². The van der Waals surface area contributed by atoms with Crippen molar-refractivity contribution in [2.24, 2.45) is 0 Å². The van der Waals surface area contributed by atoms with Gasteiger partial charge in [0.15, 0.2) is 17.3 Å². The third-order valence-corrected chi connectivity index (χ3v) is 7.37. The zero-order valence-corrected chi connectivity index (χ0v) is 22.0. The number of morpholine rings is 1. The molecule has 9 nitrogen and oxygen atoms in total. The van der Waals surface area contributed by atoms with Gasteiger partial charge in [0.1, 0.15) is 0 Å². The predicted molar refractivity (Wildman–Crippen MR) is 136 cm³/mol. The maximum Gasteiger partial charge on any atom is 0.290 e. The van der Waals surface area contributed by atoms with Gasteiger partial charge in [-0.2, -0.15) is 0 Å². The first-order valence-corrected chi connectivity index (χ1v) is 13.1. The fourth-order valence-corrected chi connectivity index (χ4v) is 5.51. The first kappa shape index (κ1) is 26.1. The molecule has 2 aliphatic heterocycles. The minimum atomic E-state index is -0.761. The highest BCUT2D eigenvalue weighted by molar-refractivity contribution is 7.14. The van der Waals surface area contributed by atoms with Crippen LogP contribution < -0.4 is 9.47 Å². The van der Waals surface area contributed by atoms with Gasteiger partial charge in [-0.05, 0) is 45.4 Å². The Morgan fingerprint density at radius 3 is 2.47 bits per heavy atom. The summed E-state index contributed by atoms with van der Waals surface area (Å²) in [6, 6.07) is 4.64. The number of aromatic nitrogens is 1. The van der Waals surface area contributed by atoms with Crippen LogP contribution in [0.2, 0.25) is 0 Å². The van der Waals surface area contributed by atoms with Crippen LogP contribution in [0.15, 0.2) is 29.5 Å². The Kier molecular flexibility index (Phi) is 8.28. The Balaban J connectivity index is 1.74. The van der Waals surface area contributed by atoms with Gasteiger partial charge in [0.05, 0.1) is 53.6 Å². The van der Waals surface area contributed by atoms with Crippen molar-refractivity contribution in [3.05, 3.63) is 50.7 Å². The average molecular weight is 516 g/mol. The normalized spacial score (nSPS) is 18.7. The summed E-state index contributed by atoms with van der Waals surface area (Å²) in [7, 11) is 0. The molecular formula is C26H33N3O6S. The lowest BCUT2D eigenvalue weighted by Gasteiger charge is -2.32. The number of aryl methyl sites for hydroxylation is 2. The molecule has 2 aliphatic rings. The van der Waals surface area contributed by atoms with Crippen molar-refractivity contribution in [3.63, 3.8) is 0 Å². The fourth-order valence-electron chi connectivity index (χ4n) is 4.64. The van der Waals surface area contributed by atoms with Crippen LogP contribution in [0.3, 0.4) is 0 Å². The molecule has 10 heteroatoms. The molecule has 194 valence electrons. The van der Waals surface area contributed by atoms with E-state index in [9.17, 15) is 14.7 Å². The first-order chi connectivity index (χ1) is 17.3. The summed E-state index contributed by atoms with van der Waals surface area (Å²) in [6.45, 7) is 12.1. The van der Waals surface area contributed by atoms with E-state index in [4.69, 9.17) is 14.2 Å². The number of carbonyl (C=O) groups is 2. The Morgan fingerprint density at radius 2 is 1.83 bits per heavy atom. The molecule has 1 unspecified atom stereocenters. The van der Waals surface area contributed by atoms with E-state index in [1.807, 2.05) is 26.8 Å². The second-order valence-electron chi connectivity index (χ2n) is 8.67. The number of carbonyl (C=O) groups excluding carboxylic acids is 2. The molecule has 0 saturated carbocycles. The summed E-state index contributed by atoms with van der Waals surface area (Å²) >= 11 is 1.26. The smallest absolute Gasteiger partial charge is 0.290 e. The molecule has 1 fully saturated rings. The highest BCUT2D eigenvalue weighted by Crippen LogP contribution is 2.42. The Hall–Kier alpha value is -2.95. The summed E-state index contributed by atoms with van der Waals surface area (Å²) in [4.78, 5) is 35.7. The van der Waals surface area contributed by atoms with Gasteiger partial charge in [0, 0.05) is 26.2 Å². The van der Waals surface area contributed by atoms with E-state index in [0.29, 0.717) is 67.2 Å². The van der Waals surface area contributed by atoms with Gasteiger partial charge >= 0.3 is 0 Å². The van der Waals surface area contributed by atoms with Crippen molar-refractivity contribution in [1.82, 2.24) is 14.8 Å². The third kappa shape index (κ3) is 5.25. The SMILES string of the molecule is CCOc1ccc(C2C(C(=O)c3sc(C)nc3C)=C(O)C(=O)N2CCN2CCOCC2)cc1OCC. The van der Waals surface area contributed by atoms with Gasteiger partial charge < -0.3 is 24.2 Å². The average Bonchev–Trinajstić information content (AvgIpc) is 3.34. The molecule has 3 heterocycles. The van der Waals surface area contributed by atoms with Crippen LogP contribution in [0.1, 0.15) is 45.8 Å². The van der Waals surface area contributed by atoms with Crippen LogP contribution in [0.5, 0.6) is 11.5 Å². The summed E-state index contributed by atoms with van der Waals surface area (Å²) in [5, 5.41) is 11.8. The van der Waals surface area contributed by atoms with Crippen LogP contribution in [0.4, 0.5) is 0 Å². The van der Waals surface area contributed by atoms with Crippen molar-refractivity contribution in [3.8, 4) is 11.5 Å². The molecule has 1 atom stereocenters. The van der Waals surface area contributed by atoms with Crippen LogP contribution in [-0.2, 0) is 9.53 Å². The molecule has 1 aromatic heterocycles. The summed E-state index contributed by atoms with van der Waals surface area (Å²) in [6.07, 6.45) is 0. The summed E-state index contributed by atoms with van der Waals surface area (Å²) in [5.41, 5.74) is 1.33. The van der Waals surface area contributed by atoms with Gasteiger partial charge in [0.2, 0.25) is 5.78 Å². The number of rotatable bonds is 10. The lowest BCUT2D eigenvalue weighted by Crippen LogP contribution is -2.43. The zero-order valence-electron chi connectivity index (χ0n) is 21.2. The molecule has 1 aromatic carbocycles. The number of benzene rings is 1. The first-order valence-electron chi connectivity index (χ1n) is 12.3. The van der Waals surface area contributed by atoms with Crippen molar-refractivity contribution in [2.45, 2.75) is 33.7 Å². The number of ether oxygens (including phenoxy) is 3. The van der Waals surface area contributed by atoms with Gasteiger partial charge in [-0.25, -0.2) is 4.98 Å². The monoisotopic (exact) mass is 515 g/mol. The van der Waals surface area contributed by atoms with Crippen molar-refractivity contribution in [2.75, 3.05) is 52.6 Å². The van der Waals surface area contributed by atoms with Gasteiger partial charge in [-0.1, -0.05) is 6.07 Å². The second kappa shape index (κ2) is 11.4. The third-order valence-electron chi connectivity index (χ3n) is 6.30. The van der Waals surface area contributed by atoms with Crippen LogP contribution in [0, 0.1) is 13.8 Å². The van der Waals surface area contributed by atoms with E-state index < -0.39 is 17.7 Å². The second-order valence-corrected chi connectivity index (χ2v) is 9.87. The number of hydrogen-bond acceptors (Lipinski definition) is 9. The fraction of sp³-hybridized carbons (Fsp3) is 0.500. The number of ketones is 1. The zero-order chi connectivity index (χ0) is 25.8. The Bertz CT molecular complexity index is 1150. The van der Waals surface area contributed by atoms with E-state index in [2.05, 4.69) is 9.88 Å². The molecule has 36 heavy (non-hydrogen) atoms. The Labute approximate surface area is 215 Å². The number of nitrogens with zero attached hydrogens (tertiary/aromatic N) is 3. The molecule has 0 spiro atoms. The van der Waals surface area contributed by atoms with Gasteiger partial charge in [-0.15, -0.1) is 11.3 Å².